The maximum absolute atomic E-state index is 12.5. The highest BCUT2D eigenvalue weighted by Crippen LogP contribution is 2.20. The molecule has 120 valence electrons. The number of rotatable bonds is 3. The number of carbonyl (C=O) groups is 1. The van der Waals surface area contributed by atoms with E-state index in [0.29, 0.717) is 11.7 Å². The van der Waals surface area contributed by atoms with Crippen molar-refractivity contribution in [1.82, 2.24) is 15.1 Å². The Morgan fingerprint density at radius 2 is 1.64 bits per heavy atom. The first kappa shape index (κ1) is 15.3. The number of likely N-dealkylation sites (tertiary alicyclic amines) is 1. The second kappa shape index (κ2) is 7.56. The first-order chi connectivity index (χ1) is 10.8. The molecule has 2 aliphatic rings. The van der Waals surface area contributed by atoms with E-state index in [0.717, 1.165) is 31.7 Å². The van der Waals surface area contributed by atoms with Gasteiger partial charge in [0.1, 0.15) is 5.82 Å². The Morgan fingerprint density at radius 1 is 0.955 bits per heavy atom. The largest absolute Gasteiger partial charge is 0.366 e. The maximum atomic E-state index is 12.5. The van der Waals surface area contributed by atoms with Crippen LogP contribution in [0.5, 0.6) is 0 Å². The molecule has 3 rings (SSSR count). The first-order valence-corrected chi connectivity index (χ1v) is 8.72. The molecule has 1 N–H and O–H groups in total. The molecule has 1 saturated heterocycles. The van der Waals surface area contributed by atoms with Gasteiger partial charge in [-0.1, -0.05) is 32.1 Å². The average molecular weight is 302 g/mol. The highest BCUT2D eigenvalue weighted by Gasteiger charge is 2.19. The van der Waals surface area contributed by atoms with Crippen molar-refractivity contribution in [3.05, 3.63) is 17.8 Å². The van der Waals surface area contributed by atoms with Crippen molar-refractivity contribution in [2.45, 2.75) is 63.8 Å². The summed E-state index contributed by atoms with van der Waals surface area (Å²) in [6.07, 6.45) is 11.0. The van der Waals surface area contributed by atoms with Crippen LogP contribution in [0.3, 0.4) is 0 Å². The Hall–Kier alpha value is -1.65. The van der Waals surface area contributed by atoms with Gasteiger partial charge in [-0.05, 0) is 37.8 Å². The third-order valence-corrected chi connectivity index (χ3v) is 4.73. The van der Waals surface area contributed by atoms with Crippen molar-refractivity contribution in [3.8, 4) is 0 Å². The Kier molecular flexibility index (Phi) is 5.24. The van der Waals surface area contributed by atoms with Crippen molar-refractivity contribution in [2.75, 3.05) is 18.4 Å². The third kappa shape index (κ3) is 3.96. The van der Waals surface area contributed by atoms with Crippen LogP contribution in [0.4, 0.5) is 5.82 Å². The SMILES string of the molecule is O=C(c1ccc(NC2CCCCC2)nn1)N1CCCCCC1. The van der Waals surface area contributed by atoms with Gasteiger partial charge in [0.2, 0.25) is 0 Å². The maximum Gasteiger partial charge on any atom is 0.274 e. The van der Waals surface area contributed by atoms with Crippen molar-refractivity contribution < 1.29 is 4.79 Å². The zero-order chi connectivity index (χ0) is 15.2. The van der Waals surface area contributed by atoms with Gasteiger partial charge in [-0.25, -0.2) is 0 Å². The highest BCUT2D eigenvalue weighted by atomic mass is 16.2. The summed E-state index contributed by atoms with van der Waals surface area (Å²) in [5.41, 5.74) is 0.469. The summed E-state index contributed by atoms with van der Waals surface area (Å²) in [6, 6.07) is 4.22. The lowest BCUT2D eigenvalue weighted by Crippen LogP contribution is -2.32. The van der Waals surface area contributed by atoms with Gasteiger partial charge in [0, 0.05) is 19.1 Å². The van der Waals surface area contributed by atoms with E-state index in [1.165, 1.54) is 44.9 Å². The Morgan fingerprint density at radius 3 is 2.27 bits per heavy atom. The molecule has 1 aromatic rings. The number of hydrogen-bond donors (Lipinski definition) is 1. The van der Waals surface area contributed by atoms with E-state index in [4.69, 9.17) is 0 Å². The number of nitrogens with zero attached hydrogens (tertiary/aromatic N) is 3. The van der Waals surface area contributed by atoms with Crippen LogP contribution >= 0.6 is 0 Å². The summed E-state index contributed by atoms with van der Waals surface area (Å²) >= 11 is 0. The summed E-state index contributed by atoms with van der Waals surface area (Å²) in [5.74, 6) is 0.818. The number of carbonyl (C=O) groups excluding carboxylic acids is 1. The van der Waals surface area contributed by atoms with Crippen LogP contribution in [0.25, 0.3) is 0 Å². The molecule has 2 fully saturated rings. The van der Waals surface area contributed by atoms with Gasteiger partial charge in [0.05, 0.1) is 0 Å². The molecule has 1 aromatic heterocycles. The smallest absolute Gasteiger partial charge is 0.274 e. The van der Waals surface area contributed by atoms with Crippen LogP contribution in [-0.4, -0.2) is 40.1 Å². The minimum absolute atomic E-state index is 0.0265. The summed E-state index contributed by atoms with van der Waals surface area (Å²) in [5, 5.41) is 11.8. The third-order valence-electron chi connectivity index (χ3n) is 4.73. The molecule has 0 radical (unpaired) electrons. The summed E-state index contributed by atoms with van der Waals surface area (Å²) in [4.78, 5) is 14.4. The molecule has 0 unspecified atom stereocenters. The van der Waals surface area contributed by atoms with E-state index in [9.17, 15) is 4.79 Å². The Balaban J connectivity index is 1.59. The van der Waals surface area contributed by atoms with Crippen molar-refractivity contribution in [2.24, 2.45) is 0 Å². The van der Waals surface area contributed by atoms with E-state index >= 15 is 0 Å². The molecular weight excluding hydrogens is 276 g/mol. The van der Waals surface area contributed by atoms with E-state index in [2.05, 4.69) is 15.5 Å². The molecule has 1 saturated carbocycles. The lowest BCUT2D eigenvalue weighted by Gasteiger charge is -2.23. The molecule has 1 amide bonds. The molecule has 0 atom stereocenters. The topological polar surface area (TPSA) is 58.1 Å². The number of amides is 1. The van der Waals surface area contributed by atoms with Crippen LogP contribution < -0.4 is 5.32 Å². The molecule has 5 nitrogen and oxygen atoms in total. The fourth-order valence-electron chi connectivity index (χ4n) is 3.42. The van der Waals surface area contributed by atoms with Crippen molar-refractivity contribution in [3.63, 3.8) is 0 Å². The summed E-state index contributed by atoms with van der Waals surface area (Å²) in [7, 11) is 0. The minimum Gasteiger partial charge on any atom is -0.366 e. The number of aromatic nitrogens is 2. The Labute approximate surface area is 132 Å². The molecule has 0 bridgehead atoms. The average Bonchev–Trinajstić information content (AvgIpc) is 2.85. The highest BCUT2D eigenvalue weighted by molar-refractivity contribution is 5.92. The van der Waals surface area contributed by atoms with Crippen molar-refractivity contribution >= 4 is 11.7 Å². The Bertz CT molecular complexity index is 474. The van der Waals surface area contributed by atoms with Crippen molar-refractivity contribution in [1.29, 1.82) is 0 Å². The van der Waals surface area contributed by atoms with E-state index < -0.39 is 0 Å². The first-order valence-electron chi connectivity index (χ1n) is 8.72. The summed E-state index contributed by atoms with van der Waals surface area (Å²) < 4.78 is 0. The number of nitrogens with one attached hydrogen (secondary N) is 1. The lowest BCUT2D eigenvalue weighted by atomic mass is 9.95. The quantitative estimate of drug-likeness (QED) is 0.931. The van der Waals surface area contributed by atoms with E-state index in [1.54, 1.807) is 0 Å². The molecule has 5 heteroatoms. The second-order valence-electron chi connectivity index (χ2n) is 6.49. The van der Waals surface area contributed by atoms with Gasteiger partial charge in [0.25, 0.3) is 5.91 Å². The predicted octanol–water partition coefficient (Wildman–Crippen LogP) is 3.24. The normalized spacial score (nSPS) is 20.5. The molecule has 0 aromatic carbocycles. The summed E-state index contributed by atoms with van der Waals surface area (Å²) in [6.45, 7) is 1.70. The van der Waals surface area contributed by atoms with Gasteiger partial charge in [-0.3, -0.25) is 4.79 Å². The van der Waals surface area contributed by atoms with Crippen LogP contribution in [-0.2, 0) is 0 Å². The van der Waals surface area contributed by atoms with E-state index in [-0.39, 0.29) is 5.91 Å². The van der Waals surface area contributed by atoms with Gasteiger partial charge >= 0.3 is 0 Å². The van der Waals surface area contributed by atoms with Gasteiger partial charge in [-0.2, -0.15) is 0 Å². The molecule has 22 heavy (non-hydrogen) atoms. The van der Waals surface area contributed by atoms with Gasteiger partial charge in [0.15, 0.2) is 5.69 Å². The fourth-order valence-corrected chi connectivity index (χ4v) is 3.42. The fraction of sp³-hybridized carbons (Fsp3) is 0.706. The minimum atomic E-state index is 0.0265. The lowest BCUT2D eigenvalue weighted by molar-refractivity contribution is 0.0754. The molecule has 0 spiro atoms. The second-order valence-corrected chi connectivity index (χ2v) is 6.49. The number of hydrogen-bond acceptors (Lipinski definition) is 4. The van der Waals surface area contributed by atoms with Crippen LogP contribution in [0.2, 0.25) is 0 Å². The zero-order valence-corrected chi connectivity index (χ0v) is 13.3. The molecule has 2 heterocycles. The predicted molar refractivity (Wildman–Crippen MR) is 86.9 cm³/mol. The monoisotopic (exact) mass is 302 g/mol. The van der Waals surface area contributed by atoms with Gasteiger partial charge < -0.3 is 10.2 Å². The van der Waals surface area contributed by atoms with Crippen LogP contribution in [0.15, 0.2) is 12.1 Å². The zero-order valence-electron chi connectivity index (χ0n) is 13.3. The van der Waals surface area contributed by atoms with Crippen LogP contribution in [0, 0.1) is 0 Å². The van der Waals surface area contributed by atoms with Gasteiger partial charge in [-0.15, -0.1) is 10.2 Å². The van der Waals surface area contributed by atoms with E-state index in [1.807, 2.05) is 17.0 Å². The standard InChI is InChI=1S/C17H26N4O/c22-17(21-12-6-1-2-7-13-21)15-10-11-16(20-19-15)18-14-8-4-3-5-9-14/h10-11,14H,1-9,12-13H2,(H,18,20). The van der Waals surface area contributed by atoms with Crippen LogP contribution in [0.1, 0.15) is 68.3 Å². The molecule has 1 aliphatic heterocycles. The molecular formula is C17H26N4O. The molecule has 1 aliphatic carbocycles. The number of anilines is 1.